The number of carbonyl (C=O) groups is 2. The Kier molecular flexibility index (Phi) is 5.51. The van der Waals surface area contributed by atoms with Gasteiger partial charge in [0.15, 0.2) is 6.29 Å². The number of pyridine rings is 1. The minimum atomic E-state index is -0.807. The molecule has 0 saturated heterocycles. The summed E-state index contributed by atoms with van der Waals surface area (Å²) in [4.78, 5) is 39.8. The fourth-order valence-electron chi connectivity index (χ4n) is 2.69. The van der Waals surface area contributed by atoms with Crippen LogP contribution in [0.15, 0.2) is 45.9 Å². The van der Waals surface area contributed by atoms with Crippen molar-refractivity contribution in [1.82, 2.24) is 4.98 Å². The number of carbonyl (C=O) groups excluding carboxylic acids is 2. The molecule has 0 fully saturated rings. The number of rotatable bonds is 6. The van der Waals surface area contributed by atoms with E-state index in [1.165, 1.54) is 24.5 Å². The molecule has 0 aliphatic heterocycles. The van der Waals surface area contributed by atoms with Gasteiger partial charge in [0.1, 0.15) is 23.5 Å². The molecule has 3 rings (SSSR count). The van der Waals surface area contributed by atoms with Gasteiger partial charge >= 0.3 is 5.63 Å². The topological polar surface area (TPSA) is 98.5 Å². The van der Waals surface area contributed by atoms with Crippen LogP contribution < -0.4 is 15.7 Å². The molecule has 28 heavy (non-hydrogen) atoms. The number of aryl methyl sites for hydroxylation is 1. The van der Waals surface area contributed by atoms with E-state index in [1.807, 2.05) is 6.92 Å². The SMILES string of the molecule is C#CCOc1cc2oc(=O)c(C(=O)Nc3ccncc3C=O)cc2cc1CC. The van der Waals surface area contributed by atoms with Gasteiger partial charge in [0.2, 0.25) is 0 Å². The first-order valence-electron chi connectivity index (χ1n) is 8.45. The first-order chi connectivity index (χ1) is 13.6. The lowest BCUT2D eigenvalue weighted by Gasteiger charge is -2.10. The molecule has 0 saturated carbocycles. The molecule has 0 bridgehead atoms. The molecular weight excluding hydrogens is 360 g/mol. The molecule has 1 aromatic carbocycles. The number of benzene rings is 1. The molecular formula is C21H16N2O5. The second-order valence-electron chi connectivity index (χ2n) is 5.83. The first kappa shape index (κ1) is 18.9. The zero-order valence-electron chi connectivity index (χ0n) is 15.0. The van der Waals surface area contributed by atoms with E-state index < -0.39 is 11.5 Å². The van der Waals surface area contributed by atoms with Crippen molar-refractivity contribution in [3.05, 3.63) is 63.8 Å². The van der Waals surface area contributed by atoms with Gasteiger partial charge in [-0.1, -0.05) is 12.8 Å². The van der Waals surface area contributed by atoms with Crippen molar-refractivity contribution in [3.63, 3.8) is 0 Å². The highest BCUT2D eigenvalue weighted by Crippen LogP contribution is 2.26. The molecule has 0 radical (unpaired) electrons. The van der Waals surface area contributed by atoms with E-state index >= 15 is 0 Å². The first-order valence-corrected chi connectivity index (χ1v) is 8.45. The third kappa shape index (κ3) is 3.76. The average molecular weight is 376 g/mol. The lowest BCUT2D eigenvalue weighted by atomic mass is 10.1. The van der Waals surface area contributed by atoms with Crippen molar-refractivity contribution in [2.24, 2.45) is 0 Å². The van der Waals surface area contributed by atoms with E-state index in [4.69, 9.17) is 15.6 Å². The van der Waals surface area contributed by atoms with Gasteiger partial charge in [-0.3, -0.25) is 14.6 Å². The van der Waals surface area contributed by atoms with Crippen LogP contribution in [0.2, 0.25) is 0 Å². The number of hydrogen-bond acceptors (Lipinski definition) is 6. The molecule has 7 heteroatoms. The van der Waals surface area contributed by atoms with Gasteiger partial charge in [0.25, 0.3) is 5.91 Å². The van der Waals surface area contributed by atoms with Crippen molar-refractivity contribution in [2.45, 2.75) is 13.3 Å². The van der Waals surface area contributed by atoms with E-state index in [1.54, 1.807) is 12.1 Å². The highest BCUT2D eigenvalue weighted by Gasteiger charge is 2.17. The van der Waals surface area contributed by atoms with E-state index in [0.717, 1.165) is 5.56 Å². The zero-order valence-corrected chi connectivity index (χ0v) is 15.0. The van der Waals surface area contributed by atoms with Gasteiger partial charge in [0, 0.05) is 23.8 Å². The standard InChI is InChI=1S/C21H16N2O5/c1-3-7-27-18-10-19-14(8-13(18)4-2)9-16(21(26)28-19)20(25)23-17-5-6-22-11-15(17)12-24/h1,5-6,8-12H,4,7H2,2H3,(H,22,23,25). The summed E-state index contributed by atoms with van der Waals surface area (Å²) in [5, 5.41) is 3.10. The third-order valence-electron chi connectivity index (χ3n) is 4.08. The molecule has 0 unspecified atom stereocenters. The molecule has 2 heterocycles. The van der Waals surface area contributed by atoms with E-state index in [-0.39, 0.29) is 29.0 Å². The Balaban J connectivity index is 2.01. The summed E-state index contributed by atoms with van der Waals surface area (Å²) in [6.07, 6.45) is 9.20. The summed E-state index contributed by atoms with van der Waals surface area (Å²) in [6, 6.07) is 6.28. The van der Waals surface area contributed by atoms with Gasteiger partial charge in [-0.2, -0.15) is 0 Å². The van der Waals surface area contributed by atoms with Crippen LogP contribution in [0.5, 0.6) is 5.75 Å². The Bertz CT molecular complexity index is 1160. The number of anilines is 1. The normalized spacial score (nSPS) is 10.3. The van der Waals surface area contributed by atoms with Crippen molar-refractivity contribution >= 4 is 28.8 Å². The molecule has 1 N–H and O–H groups in total. The summed E-state index contributed by atoms with van der Waals surface area (Å²) in [5.74, 6) is 2.23. The van der Waals surface area contributed by atoms with Crippen LogP contribution in [0.1, 0.15) is 33.2 Å². The van der Waals surface area contributed by atoms with E-state index in [0.29, 0.717) is 23.8 Å². The second kappa shape index (κ2) is 8.18. The van der Waals surface area contributed by atoms with Crippen LogP contribution >= 0.6 is 0 Å². The molecule has 1 amide bonds. The van der Waals surface area contributed by atoms with Crippen LogP contribution in [-0.2, 0) is 6.42 Å². The monoisotopic (exact) mass is 376 g/mol. The molecule has 0 aliphatic rings. The number of ether oxygens (including phenoxy) is 1. The van der Waals surface area contributed by atoms with Gasteiger partial charge in [0.05, 0.1) is 11.3 Å². The number of amides is 1. The molecule has 0 atom stereocenters. The minimum Gasteiger partial charge on any atom is -0.481 e. The Morgan fingerprint density at radius 2 is 2.21 bits per heavy atom. The molecule has 140 valence electrons. The Hall–Kier alpha value is -3.92. The van der Waals surface area contributed by atoms with Gasteiger partial charge in [-0.05, 0) is 30.2 Å². The van der Waals surface area contributed by atoms with Crippen LogP contribution in [0.3, 0.4) is 0 Å². The quantitative estimate of drug-likeness (QED) is 0.404. The number of nitrogens with zero attached hydrogens (tertiary/aromatic N) is 1. The maximum Gasteiger partial charge on any atom is 0.349 e. The predicted octanol–water partition coefficient (Wildman–Crippen LogP) is 2.83. The summed E-state index contributed by atoms with van der Waals surface area (Å²) in [6.45, 7) is 2.04. The summed E-state index contributed by atoms with van der Waals surface area (Å²) >= 11 is 0. The Labute approximate surface area is 160 Å². The Morgan fingerprint density at radius 3 is 2.93 bits per heavy atom. The van der Waals surface area contributed by atoms with Crippen LogP contribution in [0.4, 0.5) is 5.69 Å². The predicted molar refractivity (Wildman–Crippen MR) is 104 cm³/mol. The molecule has 0 spiro atoms. The fourth-order valence-corrected chi connectivity index (χ4v) is 2.69. The highest BCUT2D eigenvalue weighted by molar-refractivity contribution is 6.07. The van der Waals surface area contributed by atoms with Crippen molar-refractivity contribution in [3.8, 4) is 18.1 Å². The number of terminal acetylenes is 1. The molecule has 0 aliphatic carbocycles. The summed E-state index contributed by atoms with van der Waals surface area (Å²) in [7, 11) is 0. The lowest BCUT2D eigenvalue weighted by Crippen LogP contribution is -2.21. The van der Waals surface area contributed by atoms with Crippen LogP contribution in [0, 0.1) is 12.3 Å². The molecule has 3 aromatic rings. The number of fused-ring (bicyclic) bond motifs is 1. The van der Waals surface area contributed by atoms with Gasteiger partial charge in [-0.25, -0.2) is 4.79 Å². The number of nitrogens with one attached hydrogen (secondary N) is 1. The maximum atomic E-state index is 12.6. The summed E-state index contributed by atoms with van der Waals surface area (Å²) < 4.78 is 10.8. The lowest BCUT2D eigenvalue weighted by molar-refractivity contribution is 0.102. The fraction of sp³-hybridized carbons (Fsp3) is 0.143. The average Bonchev–Trinajstić information content (AvgIpc) is 2.71. The van der Waals surface area contributed by atoms with Gasteiger partial charge in [-0.15, -0.1) is 6.42 Å². The number of aldehydes is 1. The smallest absolute Gasteiger partial charge is 0.349 e. The van der Waals surface area contributed by atoms with Crippen molar-refractivity contribution < 1.29 is 18.7 Å². The minimum absolute atomic E-state index is 0.0915. The molecule has 2 aromatic heterocycles. The van der Waals surface area contributed by atoms with Crippen LogP contribution in [-0.4, -0.2) is 23.8 Å². The maximum absolute atomic E-state index is 12.6. The summed E-state index contributed by atoms with van der Waals surface area (Å²) in [5.41, 5.74) is 0.606. The second-order valence-corrected chi connectivity index (χ2v) is 5.83. The van der Waals surface area contributed by atoms with E-state index in [2.05, 4.69) is 16.2 Å². The molecule has 7 nitrogen and oxygen atoms in total. The number of hydrogen-bond donors (Lipinski definition) is 1. The van der Waals surface area contributed by atoms with Gasteiger partial charge < -0.3 is 14.5 Å². The third-order valence-corrected chi connectivity index (χ3v) is 4.08. The zero-order chi connectivity index (χ0) is 20.1. The van der Waals surface area contributed by atoms with E-state index in [9.17, 15) is 14.4 Å². The van der Waals surface area contributed by atoms with Crippen molar-refractivity contribution in [1.29, 1.82) is 0 Å². The largest absolute Gasteiger partial charge is 0.481 e. The van der Waals surface area contributed by atoms with Crippen molar-refractivity contribution in [2.75, 3.05) is 11.9 Å². The van der Waals surface area contributed by atoms with Crippen LogP contribution in [0.25, 0.3) is 11.0 Å². The highest BCUT2D eigenvalue weighted by atomic mass is 16.5. The Morgan fingerprint density at radius 1 is 1.39 bits per heavy atom. The number of aromatic nitrogens is 1.